The van der Waals surface area contributed by atoms with Crippen molar-refractivity contribution in [1.82, 2.24) is 9.97 Å². The van der Waals surface area contributed by atoms with Crippen molar-refractivity contribution in [3.05, 3.63) is 90.9 Å². The van der Waals surface area contributed by atoms with Gasteiger partial charge in [-0.1, -0.05) is 42.5 Å². The van der Waals surface area contributed by atoms with E-state index < -0.39 is 0 Å². The minimum absolute atomic E-state index is 0.264. The fourth-order valence-corrected chi connectivity index (χ4v) is 3.45. The number of nitrogens with zero attached hydrogens (tertiary/aromatic N) is 1. The Balaban J connectivity index is 1.75. The van der Waals surface area contributed by atoms with Gasteiger partial charge in [0.15, 0.2) is 0 Å². The Morgan fingerprint density at radius 2 is 1.42 bits per heavy atom. The van der Waals surface area contributed by atoms with Gasteiger partial charge in [0.1, 0.15) is 5.82 Å². The molecule has 2 aromatic heterocycles. The number of pyridine rings is 1. The van der Waals surface area contributed by atoms with Crippen LogP contribution in [0.2, 0.25) is 0 Å². The van der Waals surface area contributed by atoms with Gasteiger partial charge in [-0.25, -0.2) is 4.39 Å². The van der Waals surface area contributed by atoms with Crippen LogP contribution in [0.4, 0.5) is 4.39 Å². The van der Waals surface area contributed by atoms with Crippen LogP contribution in [-0.2, 0) is 0 Å². The molecular weight excluding hydrogens is 323 g/mol. The van der Waals surface area contributed by atoms with Crippen LogP contribution in [0.25, 0.3) is 44.2 Å². The average molecular weight is 338 g/mol. The molecule has 2 heterocycles. The summed E-state index contributed by atoms with van der Waals surface area (Å²) in [6, 6.07) is 25.3. The van der Waals surface area contributed by atoms with Crippen LogP contribution >= 0.6 is 0 Å². The molecule has 2 nitrogen and oxygen atoms in total. The number of fused-ring (bicyclic) bond motifs is 2. The van der Waals surface area contributed by atoms with Crippen LogP contribution in [0.15, 0.2) is 85.1 Å². The highest BCUT2D eigenvalue weighted by molar-refractivity contribution is 5.92. The molecule has 0 atom stereocenters. The third kappa shape index (κ3) is 2.37. The first-order chi connectivity index (χ1) is 12.8. The van der Waals surface area contributed by atoms with Crippen molar-refractivity contribution in [1.29, 1.82) is 0 Å². The predicted molar refractivity (Wildman–Crippen MR) is 104 cm³/mol. The highest BCUT2D eigenvalue weighted by Crippen LogP contribution is 2.34. The van der Waals surface area contributed by atoms with Gasteiger partial charge < -0.3 is 4.98 Å². The van der Waals surface area contributed by atoms with Crippen molar-refractivity contribution in [2.45, 2.75) is 0 Å². The highest BCUT2D eigenvalue weighted by atomic mass is 19.1. The number of H-pyrrole nitrogens is 1. The molecule has 124 valence electrons. The summed E-state index contributed by atoms with van der Waals surface area (Å²) in [5.41, 5.74) is 4.02. The molecule has 0 saturated carbocycles. The van der Waals surface area contributed by atoms with Crippen LogP contribution in [0.5, 0.6) is 0 Å². The number of hydrogen-bond donors (Lipinski definition) is 1. The van der Waals surface area contributed by atoms with E-state index in [0.717, 1.165) is 32.9 Å². The number of halogens is 1. The zero-order valence-electron chi connectivity index (χ0n) is 13.9. The van der Waals surface area contributed by atoms with Crippen molar-refractivity contribution in [3.8, 4) is 22.5 Å². The zero-order valence-corrected chi connectivity index (χ0v) is 13.9. The summed E-state index contributed by atoms with van der Waals surface area (Å²) in [6.07, 6.45) is 1.70. The second kappa shape index (κ2) is 5.81. The van der Waals surface area contributed by atoms with Crippen molar-refractivity contribution >= 4 is 21.7 Å². The van der Waals surface area contributed by atoms with E-state index in [0.29, 0.717) is 11.3 Å². The van der Waals surface area contributed by atoms with Gasteiger partial charge in [-0.2, -0.15) is 0 Å². The van der Waals surface area contributed by atoms with Crippen LogP contribution in [0.1, 0.15) is 0 Å². The van der Waals surface area contributed by atoms with Crippen molar-refractivity contribution in [2.24, 2.45) is 0 Å². The smallest absolute Gasteiger partial charge is 0.133 e. The molecule has 0 fully saturated rings. The van der Waals surface area contributed by atoms with Gasteiger partial charge in [-0.15, -0.1) is 0 Å². The van der Waals surface area contributed by atoms with E-state index in [4.69, 9.17) is 0 Å². The monoisotopic (exact) mass is 338 g/mol. The maximum atomic E-state index is 14.9. The van der Waals surface area contributed by atoms with Gasteiger partial charge in [0.25, 0.3) is 0 Å². The molecule has 0 aliphatic rings. The lowest BCUT2D eigenvalue weighted by molar-refractivity contribution is 0.632. The first kappa shape index (κ1) is 14.8. The van der Waals surface area contributed by atoms with Crippen LogP contribution in [0.3, 0.4) is 0 Å². The number of benzene rings is 3. The fraction of sp³-hybridized carbons (Fsp3) is 0. The van der Waals surface area contributed by atoms with E-state index in [9.17, 15) is 4.39 Å². The Morgan fingerprint density at radius 1 is 0.692 bits per heavy atom. The third-order valence-corrected chi connectivity index (χ3v) is 4.72. The molecule has 3 heteroatoms. The maximum absolute atomic E-state index is 14.9. The quantitative estimate of drug-likeness (QED) is 0.408. The molecular formula is C23H15FN2. The minimum Gasteiger partial charge on any atom is -0.354 e. The number of aromatic nitrogens is 2. The lowest BCUT2D eigenvalue weighted by atomic mass is 9.99. The van der Waals surface area contributed by atoms with Gasteiger partial charge in [-0.05, 0) is 47.2 Å². The van der Waals surface area contributed by atoms with Crippen molar-refractivity contribution < 1.29 is 4.39 Å². The molecule has 0 amide bonds. The first-order valence-corrected chi connectivity index (χ1v) is 8.51. The largest absolute Gasteiger partial charge is 0.354 e. The van der Waals surface area contributed by atoms with E-state index in [1.165, 1.54) is 0 Å². The van der Waals surface area contributed by atoms with Crippen LogP contribution in [-0.4, -0.2) is 9.97 Å². The normalized spacial score (nSPS) is 11.3. The summed E-state index contributed by atoms with van der Waals surface area (Å²) in [7, 11) is 0. The summed E-state index contributed by atoms with van der Waals surface area (Å²) >= 11 is 0. The second-order valence-corrected chi connectivity index (χ2v) is 6.35. The SMILES string of the molecule is Fc1cc2ccccc2cc1-c1ncccc1-c1cc2ccccc2[nH]1. The molecule has 5 rings (SSSR count). The van der Waals surface area contributed by atoms with Gasteiger partial charge in [0.2, 0.25) is 0 Å². The van der Waals surface area contributed by atoms with Gasteiger partial charge in [0.05, 0.1) is 5.69 Å². The van der Waals surface area contributed by atoms with Gasteiger partial charge >= 0.3 is 0 Å². The molecule has 26 heavy (non-hydrogen) atoms. The molecule has 0 unspecified atom stereocenters. The number of nitrogens with one attached hydrogen (secondary N) is 1. The van der Waals surface area contributed by atoms with E-state index in [1.807, 2.05) is 60.7 Å². The Morgan fingerprint density at radius 3 is 2.23 bits per heavy atom. The Labute approximate surface area is 150 Å². The third-order valence-electron chi connectivity index (χ3n) is 4.72. The van der Waals surface area contributed by atoms with Crippen molar-refractivity contribution in [2.75, 3.05) is 0 Å². The van der Waals surface area contributed by atoms with E-state index in [-0.39, 0.29) is 5.82 Å². The topological polar surface area (TPSA) is 28.7 Å². The van der Waals surface area contributed by atoms with Crippen LogP contribution in [0, 0.1) is 5.82 Å². The Bertz CT molecular complexity index is 1220. The minimum atomic E-state index is -0.264. The Kier molecular flexibility index (Phi) is 3.32. The number of rotatable bonds is 2. The average Bonchev–Trinajstić information content (AvgIpc) is 3.11. The standard InChI is InChI=1S/C23H15FN2/c24-20-13-16-7-2-1-6-15(16)12-19(20)23-18(9-5-11-25-23)22-14-17-8-3-4-10-21(17)26-22/h1-14,26H. The molecule has 5 aromatic rings. The number of aromatic amines is 1. The second-order valence-electron chi connectivity index (χ2n) is 6.35. The summed E-state index contributed by atoms with van der Waals surface area (Å²) in [4.78, 5) is 7.92. The van der Waals surface area contributed by atoms with Crippen LogP contribution < -0.4 is 0 Å². The lowest BCUT2D eigenvalue weighted by Gasteiger charge is -2.10. The molecule has 0 aliphatic carbocycles. The maximum Gasteiger partial charge on any atom is 0.133 e. The Hall–Kier alpha value is -3.46. The molecule has 0 aliphatic heterocycles. The summed E-state index contributed by atoms with van der Waals surface area (Å²) < 4.78 is 14.9. The summed E-state index contributed by atoms with van der Waals surface area (Å²) in [5, 5.41) is 3.00. The number of para-hydroxylation sites is 1. The number of hydrogen-bond acceptors (Lipinski definition) is 1. The summed E-state index contributed by atoms with van der Waals surface area (Å²) in [5.74, 6) is -0.264. The van der Waals surface area contributed by atoms with Gasteiger partial charge in [-0.3, -0.25) is 4.98 Å². The highest BCUT2D eigenvalue weighted by Gasteiger charge is 2.15. The van der Waals surface area contributed by atoms with E-state index >= 15 is 0 Å². The fourth-order valence-electron chi connectivity index (χ4n) is 3.45. The summed E-state index contributed by atoms with van der Waals surface area (Å²) in [6.45, 7) is 0. The molecule has 3 aromatic carbocycles. The first-order valence-electron chi connectivity index (χ1n) is 8.51. The van der Waals surface area contributed by atoms with E-state index in [1.54, 1.807) is 12.3 Å². The zero-order chi connectivity index (χ0) is 17.5. The molecule has 0 spiro atoms. The predicted octanol–water partition coefficient (Wildman–Crippen LogP) is 6.19. The molecule has 1 N–H and O–H groups in total. The van der Waals surface area contributed by atoms with Crippen molar-refractivity contribution in [3.63, 3.8) is 0 Å². The molecule has 0 bridgehead atoms. The lowest BCUT2D eigenvalue weighted by Crippen LogP contribution is -1.92. The van der Waals surface area contributed by atoms with E-state index in [2.05, 4.69) is 22.1 Å². The molecule has 0 radical (unpaired) electrons. The molecule has 0 saturated heterocycles. The van der Waals surface area contributed by atoms with Gasteiger partial charge in [0, 0.05) is 33.9 Å².